The van der Waals surface area contributed by atoms with E-state index in [0.29, 0.717) is 6.04 Å². The fraction of sp³-hybridized carbons (Fsp3) is 0.368. The fourth-order valence-corrected chi connectivity index (χ4v) is 2.24. The number of aryl methyl sites for hydroxylation is 1. The molecule has 0 bridgehead atoms. The Kier molecular flexibility index (Phi) is 5.40. The third kappa shape index (κ3) is 4.91. The van der Waals surface area contributed by atoms with Crippen molar-refractivity contribution in [1.29, 1.82) is 0 Å². The molecule has 0 heterocycles. The van der Waals surface area contributed by atoms with E-state index >= 15 is 0 Å². The summed E-state index contributed by atoms with van der Waals surface area (Å²) in [5, 5.41) is 3.56. The molecule has 0 saturated heterocycles. The maximum atomic E-state index is 5.73. The number of ether oxygens (including phenoxy) is 1. The topological polar surface area (TPSA) is 21.3 Å². The highest BCUT2D eigenvalue weighted by molar-refractivity contribution is 5.29. The van der Waals surface area contributed by atoms with E-state index in [1.165, 1.54) is 16.7 Å². The molecule has 21 heavy (non-hydrogen) atoms. The van der Waals surface area contributed by atoms with Gasteiger partial charge in [0.1, 0.15) is 5.75 Å². The van der Waals surface area contributed by atoms with E-state index in [9.17, 15) is 0 Å². The molecule has 0 fully saturated rings. The monoisotopic (exact) mass is 283 g/mol. The molecule has 0 aliphatic carbocycles. The second-order valence-electron chi connectivity index (χ2n) is 5.83. The summed E-state index contributed by atoms with van der Waals surface area (Å²) in [6, 6.07) is 17.3. The minimum absolute atomic E-state index is 0.208. The summed E-state index contributed by atoms with van der Waals surface area (Å²) in [4.78, 5) is 0. The van der Waals surface area contributed by atoms with E-state index in [2.05, 4.69) is 55.6 Å². The number of hydrogen-bond donors (Lipinski definition) is 1. The predicted molar refractivity (Wildman–Crippen MR) is 88.6 cm³/mol. The third-order valence-corrected chi connectivity index (χ3v) is 3.46. The van der Waals surface area contributed by atoms with Crippen molar-refractivity contribution in [3.63, 3.8) is 0 Å². The summed E-state index contributed by atoms with van der Waals surface area (Å²) >= 11 is 0. The minimum Gasteiger partial charge on any atom is -0.491 e. The molecule has 112 valence electrons. The lowest BCUT2D eigenvalue weighted by Gasteiger charge is -2.15. The van der Waals surface area contributed by atoms with Crippen LogP contribution in [-0.4, -0.2) is 6.10 Å². The van der Waals surface area contributed by atoms with Gasteiger partial charge in [-0.15, -0.1) is 0 Å². The molecule has 2 rings (SSSR count). The Bertz CT molecular complexity index is 560. The van der Waals surface area contributed by atoms with Crippen LogP contribution in [0.15, 0.2) is 48.5 Å². The van der Waals surface area contributed by atoms with Crippen molar-refractivity contribution in [3.05, 3.63) is 65.2 Å². The van der Waals surface area contributed by atoms with Crippen LogP contribution >= 0.6 is 0 Å². The average Bonchev–Trinajstić information content (AvgIpc) is 2.45. The van der Waals surface area contributed by atoms with Crippen LogP contribution in [0.1, 0.15) is 43.5 Å². The van der Waals surface area contributed by atoms with E-state index in [4.69, 9.17) is 4.74 Å². The molecule has 0 spiro atoms. The highest BCUT2D eigenvalue weighted by atomic mass is 16.5. The molecule has 0 aliphatic rings. The van der Waals surface area contributed by atoms with Gasteiger partial charge in [-0.3, -0.25) is 0 Å². The van der Waals surface area contributed by atoms with Gasteiger partial charge in [0.05, 0.1) is 6.10 Å². The zero-order valence-electron chi connectivity index (χ0n) is 13.4. The molecule has 0 aliphatic heterocycles. The van der Waals surface area contributed by atoms with Crippen molar-refractivity contribution >= 4 is 0 Å². The second kappa shape index (κ2) is 7.28. The largest absolute Gasteiger partial charge is 0.491 e. The number of hydrogen-bond acceptors (Lipinski definition) is 2. The van der Waals surface area contributed by atoms with Crippen LogP contribution in [0.3, 0.4) is 0 Å². The smallest absolute Gasteiger partial charge is 0.120 e. The highest BCUT2D eigenvalue weighted by Gasteiger charge is 2.05. The Morgan fingerprint density at radius 1 is 1.00 bits per heavy atom. The first-order valence-corrected chi connectivity index (χ1v) is 7.60. The minimum atomic E-state index is 0.208. The molecule has 2 aromatic carbocycles. The maximum absolute atomic E-state index is 5.73. The van der Waals surface area contributed by atoms with Gasteiger partial charge < -0.3 is 10.1 Å². The van der Waals surface area contributed by atoms with Crippen LogP contribution < -0.4 is 10.1 Å². The van der Waals surface area contributed by atoms with E-state index in [-0.39, 0.29) is 6.10 Å². The van der Waals surface area contributed by atoms with Crippen LogP contribution in [0.4, 0.5) is 0 Å². The van der Waals surface area contributed by atoms with Gasteiger partial charge in [-0.05, 0) is 51.0 Å². The summed E-state index contributed by atoms with van der Waals surface area (Å²) in [7, 11) is 0. The molecule has 1 atom stereocenters. The summed E-state index contributed by atoms with van der Waals surface area (Å²) < 4.78 is 5.73. The summed E-state index contributed by atoms with van der Waals surface area (Å²) in [6.07, 6.45) is 0.208. The molecule has 2 heteroatoms. The van der Waals surface area contributed by atoms with Crippen LogP contribution in [-0.2, 0) is 6.54 Å². The van der Waals surface area contributed by atoms with Crippen molar-refractivity contribution in [1.82, 2.24) is 5.32 Å². The Morgan fingerprint density at radius 3 is 2.38 bits per heavy atom. The standard InChI is InChI=1S/C19H25NO/c1-14(2)21-19-7-5-6-17(12-19)13-20-16(4)18-10-8-15(3)9-11-18/h5-12,14,16,20H,13H2,1-4H3/t16-/m0/s1. The summed E-state index contributed by atoms with van der Waals surface area (Å²) in [5.41, 5.74) is 3.85. The lowest BCUT2D eigenvalue weighted by atomic mass is 10.1. The maximum Gasteiger partial charge on any atom is 0.120 e. The molecule has 2 aromatic rings. The first-order valence-electron chi connectivity index (χ1n) is 7.60. The van der Waals surface area contributed by atoms with Gasteiger partial charge in [-0.1, -0.05) is 42.0 Å². The molecule has 2 nitrogen and oxygen atoms in total. The molecule has 1 N–H and O–H groups in total. The van der Waals surface area contributed by atoms with Crippen LogP contribution in [0, 0.1) is 6.92 Å². The number of benzene rings is 2. The number of nitrogens with one attached hydrogen (secondary N) is 1. The summed E-state index contributed by atoms with van der Waals surface area (Å²) in [6.45, 7) is 9.24. The quantitative estimate of drug-likeness (QED) is 0.834. The second-order valence-corrected chi connectivity index (χ2v) is 5.83. The fourth-order valence-electron chi connectivity index (χ4n) is 2.24. The van der Waals surface area contributed by atoms with Gasteiger partial charge in [-0.2, -0.15) is 0 Å². The Hall–Kier alpha value is -1.80. The van der Waals surface area contributed by atoms with Gasteiger partial charge in [0.15, 0.2) is 0 Å². The molecule has 0 radical (unpaired) electrons. The van der Waals surface area contributed by atoms with Gasteiger partial charge in [0, 0.05) is 12.6 Å². The third-order valence-electron chi connectivity index (χ3n) is 3.46. The van der Waals surface area contributed by atoms with Gasteiger partial charge in [-0.25, -0.2) is 0 Å². The highest BCUT2D eigenvalue weighted by Crippen LogP contribution is 2.17. The van der Waals surface area contributed by atoms with Gasteiger partial charge >= 0.3 is 0 Å². The molecule has 0 amide bonds. The zero-order chi connectivity index (χ0) is 15.2. The van der Waals surface area contributed by atoms with Crippen molar-refractivity contribution in [3.8, 4) is 5.75 Å². The van der Waals surface area contributed by atoms with E-state index < -0.39 is 0 Å². The van der Waals surface area contributed by atoms with Crippen LogP contribution in [0.2, 0.25) is 0 Å². The average molecular weight is 283 g/mol. The molecular weight excluding hydrogens is 258 g/mol. The Balaban J connectivity index is 1.94. The van der Waals surface area contributed by atoms with Gasteiger partial charge in [0.2, 0.25) is 0 Å². The Morgan fingerprint density at radius 2 is 1.71 bits per heavy atom. The van der Waals surface area contributed by atoms with Gasteiger partial charge in [0.25, 0.3) is 0 Å². The predicted octanol–water partition coefficient (Wildman–Crippen LogP) is 4.63. The summed E-state index contributed by atoms with van der Waals surface area (Å²) in [5.74, 6) is 0.937. The Labute approximate surface area is 128 Å². The van der Waals surface area contributed by atoms with Crippen molar-refractivity contribution in [2.75, 3.05) is 0 Å². The van der Waals surface area contributed by atoms with E-state index in [0.717, 1.165) is 12.3 Å². The lowest BCUT2D eigenvalue weighted by Crippen LogP contribution is -2.18. The zero-order valence-corrected chi connectivity index (χ0v) is 13.4. The molecule has 0 saturated carbocycles. The SMILES string of the molecule is Cc1ccc([C@H](C)NCc2cccc(OC(C)C)c2)cc1. The number of rotatable bonds is 6. The van der Waals surface area contributed by atoms with Crippen LogP contribution in [0.25, 0.3) is 0 Å². The van der Waals surface area contributed by atoms with Crippen molar-refractivity contribution < 1.29 is 4.74 Å². The van der Waals surface area contributed by atoms with Crippen LogP contribution in [0.5, 0.6) is 5.75 Å². The first kappa shape index (κ1) is 15.6. The van der Waals surface area contributed by atoms with E-state index in [1.54, 1.807) is 0 Å². The molecule has 0 unspecified atom stereocenters. The van der Waals surface area contributed by atoms with E-state index in [1.807, 2.05) is 26.0 Å². The molecular formula is C19H25NO. The van der Waals surface area contributed by atoms with Crippen molar-refractivity contribution in [2.24, 2.45) is 0 Å². The van der Waals surface area contributed by atoms with Crippen molar-refractivity contribution in [2.45, 2.75) is 46.4 Å². The normalized spacial score (nSPS) is 12.4. The lowest BCUT2D eigenvalue weighted by molar-refractivity contribution is 0.242. The molecule has 0 aromatic heterocycles. The first-order chi connectivity index (χ1) is 10.0.